The number of thiazole rings is 1. The lowest BCUT2D eigenvalue weighted by atomic mass is 9.96. The Kier molecular flexibility index (Phi) is 8.21. The van der Waals surface area contributed by atoms with Crippen LogP contribution in [-0.2, 0) is 9.53 Å². The van der Waals surface area contributed by atoms with Gasteiger partial charge in [0.2, 0.25) is 5.76 Å². The molecule has 0 N–H and O–H groups in total. The third kappa shape index (κ3) is 5.54. The summed E-state index contributed by atoms with van der Waals surface area (Å²) in [5, 5.41) is 0. The van der Waals surface area contributed by atoms with Gasteiger partial charge in [0, 0.05) is 11.6 Å². The van der Waals surface area contributed by atoms with Crippen LogP contribution in [0, 0.1) is 0 Å². The summed E-state index contributed by atoms with van der Waals surface area (Å²) in [6.07, 6.45) is 4.55. The maximum absolute atomic E-state index is 13.9. The number of rotatable bonds is 9. The molecular weight excluding hydrogens is 560 g/mol. The van der Waals surface area contributed by atoms with E-state index >= 15 is 0 Å². The summed E-state index contributed by atoms with van der Waals surface area (Å²) in [5.41, 5.74) is 1.53. The van der Waals surface area contributed by atoms with Gasteiger partial charge in [-0.15, -0.1) is 0 Å². The zero-order chi connectivity index (χ0) is 29.8. The molecule has 1 atom stereocenters. The number of methoxy groups -OCH3 is 2. The maximum atomic E-state index is 13.9. The zero-order valence-corrected chi connectivity index (χ0v) is 23.8. The van der Waals surface area contributed by atoms with Crippen LogP contribution < -0.4 is 29.1 Å². The lowest BCUT2D eigenvalue weighted by Crippen LogP contribution is -2.39. The second kappa shape index (κ2) is 12.1. The second-order valence-electron chi connectivity index (χ2n) is 9.01. The van der Waals surface area contributed by atoms with Gasteiger partial charge in [-0.05, 0) is 55.0 Å². The fraction of sp³-hybridized carbons (Fsp3) is 0.161. The van der Waals surface area contributed by atoms with Gasteiger partial charge in [-0.25, -0.2) is 14.6 Å². The molecule has 0 fully saturated rings. The van der Waals surface area contributed by atoms with Crippen molar-refractivity contribution in [2.24, 2.45) is 4.99 Å². The minimum Gasteiger partial charge on any atom is -0.497 e. The minimum absolute atomic E-state index is 0.00825. The van der Waals surface area contributed by atoms with E-state index in [9.17, 15) is 14.4 Å². The molecule has 2 aromatic carbocycles. The number of hydrogen-bond donors (Lipinski definition) is 0. The van der Waals surface area contributed by atoms with Gasteiger partial charge in [-0.3, -0.25) is 9.36 Å². The Balaban J connectivity index is 1.60. The molecule has 4 aromatic rings. The average Bonchev–Trinajstić information content (AvgIpc) is 3.64. The van der Waals surface area contributed by atoms with Gasteiger partial charge < -0.3 is 23.4 Å². The van der Waals surface area contributed by atoms with Crippen molar-refractivity contribution >= 4 is 29.4 Å². The van der Waals surface area contributed by atoms with E-state index < -0.39 is 18.0 Å². The Hall–Kier alpha value is -5.16. The molecule has 3 heterocycles. The van der Waals surface area contributed by atoms with Crippen LogP contribution in [0.5, 0.6) is 17.2 Å². The molecule has 2 aromatic heterocycles. The second-order valence-corrected chi connectivity index (χ2v) is 10.0. The van der Waals surface area contributed by atoms with E-state index in [1.54, 1.807) is 68.6 Å². The van der Waals surface area contributed by atoms with Crippen LogP contribution in [0.4, 0.5) is 0 Å². The number of esters is 2. The molecule has 0 spiro atoms. The first-order valence-electron chi connectivity index (χ1n) is 12.7. The number of fused-ring (bicyclic) bond motifs is 1. The molecule has 42 heavy (non-hydrogen) atoms. The number of nitrogens with zero attached hydrogens (tertiary/aromatic N) is 2. The normalized spacial score (nSPS) is 14.5. The van der Waals surface area contributed by atoms with Crippen molar-refractivity contribution in [3.8, 4) is 17.2 Å². The van der Waals surface area contributed by atoms with E-state index in [0.29, 0.717) is 37.7 Å². The van der Waals surface area contributed by atoms with E-state index in [0.717, 1.165) is 0 Å². The standard InChI is InChI=1S/C31H26N2O8S/c1-5-14-40-30(36)26-18(2)32-31-33(28(34)25(42-31)16-20-10-13-22(37-3)17-24(20)38-4)27(26)19-8-11-21(12-9-19)41-29(35)23-7-6-15-39-23/h5-13,15-17,27H,1,14H2,2-4H3/t27-/m0/s1. The van der Waals surface area contributed by atoms with Crippen molar-refractivity contribution < 1.29 is 33.0 Å². The molecule has 11 heteroatoms. The molecular formula is C31H26N2O8S. The predicted molar refractivity (Wildman–Crippen MR) is 155 cm³/mol. The van der Waals surface area contributed by atoms with E-state index in [-0.39, 0.29) is 29.2 Å². The van der Waals surface area contributed by atoms with Gasteiger partial charge >= 0.3 is 11.9 Å². The van der Waals surface area contributed by atoms with E-state index in [1.165, 1.54) is 41.4 Å². The fourth-order valence-corrected chi connectivity index (χ4v) is 5.50. The summed E-state index contributed by atoms with van der Waals surface area (Å²) in [5.74, 6) is 0.184. The number of aromatic nitrogens is 1. The van der Waals surface area contributed by atoms with Gasteiger partial charge in [0.1, 0.15) is 23.9 Å². The van der Waals surface area contributed by atoms with Gasteiger partial charge in [0.05, 0.1) is 42.3 Å². The topological polar surface area (TPSA) is 119 Å². The third-order valence-electron chi connectivity index (χ3n) is 6.43. The summed E-state index contributed by atoms with van der Waals surface area (Å²) in [7, 11) is 3.09. The highest BCUT2D eigenvalue weighted by atomic mass is 32.1. The summed E-state index contributed by atoms with van der Waals surface area (Å²) in [6, 6.07) is 14.0. The third-order valence-corrected chi connectivity index (χ3v) is 7.41. The first-order valence-corrected chi connectivity index (χ1v) is 13.5. The predicted octanol–water partition coefficient (Wildman–Crippen LogP) is 3.79. The summed E-state index contributed by atoms with van der Waals surface area (Å²) >= 11 is 1.19. The van der Waals surface area contributed by atoms with Gasteiger partial charge in [0.15, 0.2) is 4.80 Å². The molecule has 1 aliphatic heterocycles. The number of allylic oxidation sites excluding steroid dienone is 1. The SMILES string of the molecule is C=CCOC(=O)C1=C(C)N=c2sc(=Cc3ccc(OC)cc3OC)c(=O)n2[C@H]1c1ccc(OC(=O)c2ccco2)cc1. The molecule has 0 aliphatic carbocycles. The summed E-state index contributed by atoms with van der Waals surface area (Å²) in [6.45, 7) is 5.29. The Labute approximate surface area is 244 Å². The minimum atomic E-state index is -0.853. The van der Waals surface area contributed by atoms with Crippen LogP contribution in [0.1, 0.15) is 34.6 Å². The van der Waals surface area contributed by atoms with Crippen LogP contribution >= 0.6 is 11.3 Å². The smallest absolute Gasteiger partial charge is 0.379 e. The van der Waals surface area contributed by atoms with Crippen LogP contribution in [0.25, 0.3) is 6.08 Å². The van der Waals surface area contributed by atoms with Crippen molar-refractivity contribution in [2.45, 2.75) is 13.0 Å². The highest BCUT2D eigenvalue weighted by molar-refractivity contribution is 7.07. The average molecular weight is 587 g/mol. The Bertz CT molecular complexity index is 1860. The number of benzene rings is 2. The lowest BCUT2D eigenvalue weighted by molar-refractivity contribution is -0.138. The summed E-state index contributed by atoms with van der Waals surface area (Å²) in [4.78, 5) is 44.5. The quantitative estimate of drug-likeness (QED) is 0.165. The fourth-order valence-electron chi connectivity index (χ4n) is 4.46. The van der Waals surface area contributed by atoms with Crippen molar-refractivity contribution in [1.82, 2.24) is 4.57 Å². The number of carbonyl (C=O) groups is 2. The van der Waals surface area contributed by atoms with E-state index in [1.807, 2.05) is 0 Å². The Morgan fingerprint density at radius 3 is 2.50 bits per heavy atom. The molecule has 0 bridgehead atoms. The number of ether oxygens (including phenoxy) is 4. The Morgan fingerprint density at radius 2 is 1.83 bits per heavy atom. The number of furan rings is 1. The van der Waals surface area contributed by atoms with Gasteiger partial charge in [0.25, 0.3) is 5.56 Å². The summed E-state index contributed by atoms with van der Waals surface area (Å²) < 4.78 is 28.5. The first kappa shape index (κ1) is 28.4. The molecule has 10 nitrogen and oxygen atoms in total. The van der Waals surface area contributed by atoms with Crippen molar-refractivity contribution in [2.75, 3.05) is 20.8 Å². The molecule has 0 saturated carbocycles. The van der Waals surface area contributed by atoms with Crippen LogP contribution in [0.15, 0.2) is 99.0 Å². The maximum Gasteiger partial charge on any atom is 0.379 e. The highest BCUT2D eigenvalue weighted by Gasteiger charge is 2.33. The number of hydrogen-bond acceptors (Lipinski definition) is 10. The molecule has 0 unspecified atom stereocenters. The highest BCUT2D eigenvalue weighted by Crippen LogP contribution is 2.32. The molecule has 0 radical (unpaired) electrons. The molecule has 0 amide bonds. The lowest BCUT2D eigenvalue weighted by Gasteiger charge is -2.24. The van der Waals surface area contributed by atoms with Crippen LogP contribution in [0.2, 0.25) is 0 Å². The van der Waals surface area contributed by atoms with Crippen LogP contribution in [-0.4, -0.2) is 37.3 Å². The van der Waals surface area contributed by atoms with Crippen molar-refractivity contribution in [3.63, 3.8) is 0 Å². The zero-order valence-electron chi connectivity index (χ0n) is 23.0. The largest absolute Gasteiger partial charge is 0.497 e. The van der Waals surface area contributed by atoms with E-state index in [2.05, 4.69) is 11.6 Å². The van der Waals surface area contributed by atoms with Gasteiger partial charge in [-0.2, -0.15) is 0 Å². The Morgan fingerprint density at radius 1 is 1.07 bits per heavy atom. The van der Waals surface area contributed by atoms with Crippen LogP contribution in [0.3, 0.4) is 0 Å². The van der Waals surface area contributed by atoms with E-state index in [4.69, 9.17) is 23.4 Å². The monoisotopic (exact) mass is 586 g/mol. The number of carbonyl (C=O) groups excluding carboxylic acids is 2. The molecule has 0 saturated heterocycles. The first-order chi connectivity index (χ1) is 20.3. The van der Waals surface area contributed by atoms with Gasteiger partial charge in [-0.1, -0.05) is 36.1 Å². The van der Waals surface area contributed by atoms with Crippen molar-refractivity contribution in [1.29, 1.82) is 0 Å². The molecule has 5 rings (SSSR count). The molecule has 1 aliphatic rings. The molecule has 214 valence electrons. The van der Waals surface area contributed by atoms with Crippen molar-refractivity contribution in [3.05, 3.63) is 121 Å².